The number of H-pyrrole nitrogens is 1. The molecule has 0 aromatic carbocycles. The molecule has 0 spiro atoms. The second-order valence-corrected chi connectivity index (χ2v) is 6.85. The molecule has 0 aliphatic carbocycles. The molecule has 1 unspecified atom stereocenters. The van der Waals surface area contributed by atoms with Gasteiger partial charge in [-0.2, -0.15) is 4.98 Å². The van der Waals surface area contributed by atoms with Crippen LogP contribution in [-0.4, -0.2) is 40.9 Å². The molecule has 1 aliphatic heterocycles. The molecule has 5 heteroatoms. The minimum atomic E-state index is 0.302. The largest absolute Gasteiger partial charge is 0.337 e. The molecule has 5 nitrogen and oxygen atoms in total. The second-order valence-electron chi connectivity index (χ2n) is 6.85. The first-order valence-electron chi connectivity index (χ1n) is 7.26. The van der Waals surface area contributed by atoms with Crippen LogP contribution in [0.5, 0.6) is 0 Å². The maximum atomic E-state index is 4.65. The van der Waals surface area contributed by atoms with Gasteiger partial charge < -0.3 is 10.2 Å². The van der Waals surface area contributed by atoms with Gasteiger partial charge in [0.05, 0.1) is 0 Å². The lowest BCUT2D eigenvalue weighted by atomic mass is 9.80. The van der Waals surface area contributed by atoms with Gasteiger partial charge in [0, 0.05) is 32.1 Å². The van der Waals surface area contributed by atoms with Crippen LogP contribution in [0.2, 0.25) is 0 Å². The number of anilines is 1. The van der Waals surface area contributed by atoms with E-state index < -0.39 is 0 Å². The van der Waals surface area contributed by atoms with Crippen LogP contribution in [0.3, 0.4) is 0 Å². The van der Waals surface area contributed by atoms with Gasteiger partial charge in [-0.25, -0.2) is 0 Å². The minimum absolute atomic E-state index is 0.302. The zero-order valence-electron chi connectivity index (χ0n) is 12.8. The van der Waals surface area contributed by atoms with Crippen molar-refractivity contribution >= 4 is 5.95 Å². The highest BCUT2D eigenvalue weighted by Gasteiger charge is 2.23. The number of aromatic nitrogens is 3. The minimum Gasteiger partial charge on any atom is -0.337 e. The number of hydrogen-bond donors (Lipinski definition) is 2. The molecule has 0 bridgehead atoms. The van der Waals surface area contributed by atoms with E-state index in [-0.39, 0.29) is 0 Å². The van der Waals surface area contributed by atoms with Crippen LogP contribution in [0.4, 0.5) is 5.95 Å². The highest BCUT2D eigenvalue weighted by Crippen LogP contribution is 2.27. The summed E-state index contributed by atoms with van der Waals surface area (Å²) in [5.41, 5.74) is 0.302. The van der Waals surface area contributed by atoms with Crippen molar-refractivity contribution in [2.75, 3.05) is 24.5 Å². The van der Waals surface area contributed by atoms with E-state index in [1.165, 1.54) is 0 Å². The normalized spacial score (nSPS) is 22.6. The summed E-state index contributed by atoms with van der Waals surface area (Å²) in [5.74, 6) is 2.43. The standard InChI is InChI=1S/C14H27N5/c1-10(14(3,4)5)8-12-16-13(18-17-12)19-7-6-15-11(2)9-19/h10-11,15H,6-9H2,1-5H3,(H,16,17,18)/t10?,11-/m0/s1. The van der Waals surface area contributed by atoms with Crippen molar-refractivity contribution in [1.29, 1.82) is 0 Å². The number of piperazine rings is 1. The Morgan fingerprint density at radius 1 is 1.42 bits per heavy atom. The third-order valence-electron chi connectivity index (χ3n) is 4.15. The van der Waals surface area contributed by atoms with E-state index in [4.69, 9.17) is 0 Å². The Balaban J connectivity index is 1.99. The number of rotatable bonds is 3. The zero-order chi connectivity index (χ0) is 14.0. The molecular formula is C14H27N5. The molecule has 1 aromatic heterocycles. The Morgan fingerprint density at radius 3 is 2.79 bits per heavy atom. The average Bonchev–Trinajstić information content (AvgIpc) is 2.76. The highest BCUT2D eigenvalue weighted by atomic mass is 15.4. The predicted octanol–water partition coefficient (Wildman–Crippen LogP) is 1.83. The maximum absolute atomic E-state index is 4.65. The zero-order valence-corrected chi connectivity index (χ0v) is 12.8. The smallest absolute Gasteiger partial charge is 0.244 e. The molecular weight excluding hydrogens is 238 g/mol. The van der Waals surface area contributed by atoms with E-state index in [0.717, 1.165) is 37.8 Å². The van der Waals surface area contributed by atoms with Crippen molar-refractivity contribution < 1.29 is 0 Å². The van der Waals surface area contributed by atoms with Gasteiger partial charge in [-0.15, -0.1) is 5.10 Å². The number of aromatic amines is 1. The maximum Gasteiger partial charge on any atom is 0.244 e. The molecule has 0 radical (unpaired) electrons. The van der Waals surface area contributed by atoms with E-state index in [2.05, 4.69) is 60.0 Å². The Kier molecular flexibility index (Phi) is 4.13. The van der Waals surface area contributed by atoms with Crippen LogP contribution >= 0.6 is 0 Å². The fourth-order valence-corrected chi connectivity index (χ4v) is 2.23. The molecule has 1 fully saturated rings. The van der Waals surface area contributed by atoms with E-state index in [1.54, 1.807) is 0 Å². The van der Waals surface area contributed by atoms with Crippen molar-refractivity contribution in [3.05, 3.63) is 5.82 Å². The van der Waals surface area contributed by atoms with Crippen molar-refractivity contribution in [1.82, 2.24) is 20.5 Å². The lowest BCUT2D eigenvalue weighted by Crippen LogP contribution is -2.49. The second kappa shape index (κ2) is 5.49. The van der Waals surface area contributed by atoms with Gasteiger partial charge in [0.15, 0.2) is 0 Å². The third kappa shape index (κ3) is 3.69. The van der Waals surface area contributed by atoms with Gasteiger partial charge in [0.2, 0.25) is 5.95 Å². The summed E-state index contributed by atoms with van der Waals surface area (Å²) in [4.78, 5) is 6.91. The Bertz CT molecular complexity index is 406. The summed E-state index contributed by atoms with van der Waals surface area (Å²) in [7, 11) is 0. The Morgan fingerprint density at radius 2 is 2.16 bits per heavy atom. The Labute approximate surface area is 116 Å². The van der Waals surface area contributed by atoms with E-state index in [1.807, 2.05) is 0 Å². The topological polar surface area (TPSA) is 56.8 Å². The van der Waals surface area contributed by atoms with Crippen LogP contribution < -0.4 is 10.2 Å². The first-order valence-corrected chi connectivity index (χ1v) is 7.26. The van der Waals surface area contributed by atoms with Crippen molar-refractivity contribution in [2.24, 2.45) is 11.3 Å². The average molecular weight is 265 g/mol. The molecule has 2 atom stereocenters. The summed E-state index contributed by atoms with van der Waals surface area (Å²) < 4.78 is 0. The number of nitrogens with zero attached hydrogens (tertiary/aromatic N) is 3. The van der Waals surface area contributed by atoms with Gasteiger partial charge in [-0.3, -0.25) is 5.10 Å². The summed E-state index contributed by atoms with van der Waals surface area (Å²) >= 11 is 0. The van der Waals surface area contributed by atoms with Crippen LogP contribution in [0.15, 0.2) is 0 Å². The molecule has 19 heavy (non-hydrogen) atoms. The molecule has 0 amide bonds. The van der Waals surface area contributed by atoms with Crippen LogP contribution in [0.1, 0.15) is 40.4 Å². The molecule has 0 saturated carbocycles. The van der Waals surface area contributed by atoms with Gasteiger partial charge >= 0.3 is 0 Å². The molecule has 1 aromatic rings. The molecule has 2 rings (SSSR count). The summed E-state index contributed by atoms with van der Waals surface area (Å²) in [6.07, 6.45) is 0.956. The molecule has 1 saturated heterocycles. The van der Waals surface area contributed by atoms with Gasteiger partial charge in [0.1, 0.15) is 5.82 Å². The molecule has 108 valence electrons. The van der Waals surface area contributed by atoms with Crippen LogP contribution in [0.25, 0.3) is 0 Å². The van der Waals surface area contributed by atoms with E-state index >= 15 is 0 Å². The fraction of sp³-hybridized carbons (Fsp3) is 0.857. The fourth-order valence-electron chi connectivity index (χ4n) is 2.23. The van der Waals surface area contributed by atoms with Crippen molar-refractivity contribution in [3.8, 4) is 0 Å². The first kappa shape index (κ1) is 14.3. The molecule has 2 heterocycles. The predicted molar refractivity (Wildman–Crippen MR) is 78.4 cm³/mol. The summed E-state index contributed by atoms with van der Waals surface area (Å²) in [6, 6.07) is 0.504. The summed E-state index contributed by atoms with van der Waals surface area (Å²) in [5, 5.41) is 10.9. The van der Waals surface area contributed by atoms with Crippen molar-refractivity contribution in [2.45, 2.75) is 47.1 Å². The van der Waals surface area contributed by atoms with Crippen LogP contribution in [0, 0.1) is 11.3 Å². The van der Waals surface area contributed by atoms with Gasteiger partial charge in [0.25, 0.3) is 0 Å². The lowest BCUT2D eigenvalue weighted by Gasteiger charge is -2.30. The molecule has 2 N–H and O–H groups in total. The quantitative estimate of drug-likeness (QED) is 0.875. The number of hydrogen-bond acceptors (Lipinski definition) is 4. The number of nitrogens with one attached hydrogen (secondary N) is 2. The van der Waals surface area contributed by atoms with E-state index in [9.17, 15) is 0 Å². The third-order valence-corrected chi connectivity index (χ3v) is 4.15. The van der Waals surface area contributed by atoms with Crippen molar-refractivity contribution in [3.63, 3.8) is 0 Å². The highest BCUT2D eigenvalue weighted by molar-refractivity contribution is 5.30. The first-order chi connectivity index (χ1) is 8.86. The monoisotopic (exact) mass is 265 g/mol. The van der Waals surface area contributed by atoms with E-state index in [0.29, 0.717) is 17.4 Å². The SMILES string of the molecule is CC(Cc1nc(N2CCN[C@@H](C)C2)n[nH]1)C(C)(C)C. The summed E-state index contributed by atoms with van der Waals surface area (Å²) in [6.45, 7) is 14.2. The van der Waals surface area contributed by atoms with Gasteiger partial charge in [-0.1, -0.05) is 27.7 Å². The van der Waals surface area contributed by atoms with Crippen LogP contribution in [-0.2, 0) is 6.42 Å². The Hall–Kier alpha value is -1.10. The lowest BCUT2D eigenvalue weighted by molar-refractivity contribution is 0.257. The van der Waals surface area contributed by atoms with Gasteiger partial charge in [-0.05, 0) is 18.3 Å². The molecule has 1 aliphatic rings.